The van der Waals surface area contributed by atoms with Crippen molar-refractivity contribution in [1.29, 1.82) is 0 Å². The van der Waals surface area contributed by atoms with Gasteiger partial charge in [0.05, 0.1) is 23.1 Å². The molecule has 0 amide bonds. The first kappa shape index (κ1) is 25.4. The summed E-state index contributed by atoms with van der Waals surface area (Å²) in [5.74, 6) is 2.41. The van der Waals surface area contributed by atoms with Crippen LogP contribution in [0.25, 0.3) is 0 Å². The molecule has 0 aromatic carbocycles. The first-order chi connectivity index (χ1) is 15.2. The molecule has 0 saturated carbocycles. The van der Waals surface area contributed by atoms with Gasteiger partial charge in [-0.2, -0.15) is 0 Å². The van der Waals surface area contributed by atoms with Gasteiger partial charge in [0.2, 0.25) is 0 Å². The molecule has 2 saturated heterocycles. The maximum atomic E-state index is 4.73. The molecule has 9 heteroatoms. The summed E-state index contributed by atoms with van der Waals surface area (Å²) in [6.45, 7) is 10.9. The molecule has 7 nitrogen and oxygen atoms in total. The highest BCUT2D eigenvalue weighted by molar-refractivity contribution is 14.0. The van der Waals surface area contributed by atoms with Gasteiger partial charge in [-0.15, -0.1) is 35.3 Å². The zero-order valence-corrected chi connectivity index (χ0v) is 22.8. The van der Waals surface area contributed by atoms with Crippen LogP contribution >= 0.6 is 35.3 Å². The summed E-state index contributed by atoms with van der Waals surface area (Å²) in [4.78, 5) is 18.6. The summed E-state index contributed by atoms with van der Waals surface area (Å²) in [6.07, 6.45) is 10.6. The van der Waals surface area contributed by atoms with Crippen LogP contribution in [0.4, 0.5) is 0 Å². The van der Waals surface area contributed by atoms with E-state index in [0.717, 1.165) is 51.6 Å². The highest BCUT2D eigenvalue weighted by Gasteiger charge is 2.29. The maximum Gasteiger partial charge on any atom is 0.193 e. The first-order valence-corrected chi connectivity index (χ1v) is 12.6. The number of thiazole rings is 1. The number of halogens is 1. The summed E-state index contributed by atoms with van der Waals surface area (Å²) in [7, 11) is 1.91. The molecule has 4 heterocycles. The van der Waals surface area contributed by atoms with Gasteiger partial charge in [0.15, 0.2) is 5.96 Å². The summed E-state index contributed by atoms with van der Waals surface area (Å²) in [5.41, 5.74) is 1.24. The van der Waals surface area contributed by atoms with E-state index in [2.05, 4.69) is 55.1 Å². The lowest BCUT2D eigenvalue weighted by Gasteiger charge is -2.39. The molecule has 0 radical (unpaired) electrons. The molecule has 2 aliphatic rings. The van der Waals surface area contributed by atoms with E-state index >= 15 is 0 Å². The van der Waals surface area contributed by atoms with Crippen LogP contribution < -0.4 is 5.32 Å². The van der Waals surface area contributed by atoms with E-state index in [1.807, 2.05) is 19.6 Å². The van der Waals surface area contributed by atoms with Gasteiger partial charge in [0.1, 0.15) is 0 Å². The Morgan fingerprint density at radius 1 is 1.25 bits per heavy atom. The number of aliphatic imine (C=N–C) groups is 1. The van der Waals surface area contributed by atoms with Crippen LogP contribution in [-0.4, -0.2) is 70.1 Å². The maximum absolute atomic E-state index is 4.73. The van der Waals surface area contributed by atoms with Gasteiger partial charge in [-0.25, -0.2) is 9.97 Å². The third-order valence-corrected chi connectivity index (χ3v) is 7.92. The van der Waals surface area contributed by atoms with Crippen molar-refractivity contribution in [3.05, 3.63) is 34.8 Å². The predicted molar refractivity (Wildman–Crippen MR) is 143 cm³/mol. The fourth-order valence-electron chi connectivity index (χ4n) is 4.82. The summed E-state index contributed by atoms with van der Waals surface area (Å²) < 4.78 is 2.26. The number of piperidine rings is 2. The van der Waals surface area contributed by atoms with Crippen LogP contribution in [0.2, 0.25) is 0 Å². The van der Waals surface area contributed by atoms with Crippen molar-refractivity contribution >= 4 is 41.3 Å². The van der Waals surface area contributed by atoms with E-state index in [-0.39, 0.29) is 24.0 Å². The van der Waals surface area contributed by atoms with Gasteiger partial charge in [-0.1, -0.05) is 13.8 Å². The SMILES string of the molecule is CCc1nc(CN2CCC(CNC(=NC)N3CCC(C)C(n4ccnc4)C3)CC2)cs1.I. The lowest BCUT2D eigenvalue weighted by Crippen LogP contribution is -2.50. The molecule has 32 heavy (non-hydrogen) atoms. The number of nitrogens with zero attached hydrogens (tertiary/aromatic N) is 6. The van der Waals surface area contributed by atoms with Crippen molar-refractivity contribution in [2.45, 2.75) is 52.1 Å². The molecule has 0 spiro atoms. The number of aryl methyl sites for hydroxylation is 1. The second-order valence-corrected chi connectivity index (χ2v) is 9.97. The number of imidazole rings is 1. The number of hydrogen-bond acceptors (Lipinski definition) is 5. The fourth-order valence-corrected chi connectivity index (χ4v) is 5.56. The molecule has 178 valence electrons. The average molecular weight is 572 g/mol. The molecule has 2 fully saturated rings. The highest BCUT2D eigenvalue weighted by Crippen LogP contribution is 2.27. The number of guanidine groups is 1. The topological polar surface area (TPSA) is 61.6 Å². The quantitative estimate of drug-likeness (QED) is 0.324. The lowest BCUT2D eigenvalue weighted by molar-refractivity contribution is 0.172. The summed E-state index contributed by atoms with van der Waals surface area (Å²) in [5, 5.41) is 7.17. The Kier molecular flexibility index (Phi) is 9.78. The third kappa shape index (κ3) is 6.44. The van der Waals surface area contributed by atoms with Crippen LogP contribution in [-0.2, 0) is 13.0 Å². The molecule has 0 aliphatic carbocycles. The van der Waals surface area contributed by atoms with E-state index in [9.17, 15) is 0 Å². The second kappa shape index (κ2) is 12.3. The van der Waals surface area contributed by atoms with Crippen LogP contribution in [0.15, 0.2) is 29.1 Å². The number of nitrogens with one attached hydrogen (secondary N) is 1. The van der Waals surface area contributed by atoms with Crippen molar-refractivity contribution in [2.24, 2.45) is 16.8 Å². The Hall–Kier alpha value is -1.20. The van der Waals surface area contributed by atoms with E-state index in [1.54, 1.807) is 11.3 Å². The van der Waals surface area contributed by atoms with Crippen LogP contribution in [0.3, 0.4) is 0 Å². The monoisotopic (exact) mass is 571 g/mol. The van der Waals surface area contributed by atoms with E-state index in [0.29, 0.717) is 17.9 Å². The molecule has 1 N–H and O–H groups in total. The van der Waals surface area contributed by atoms with Crippen molar-refractivity contribution in [2.75, 3.05) is 39.8 Å². The summed E-state index contributed by atoms with van der Waals surface area (Å²) in [6, 6.07) is 0.456. The third-order valence-electron chi connectivity index (χ3n) is 6.88. The van der Waals surface area contributed by atoms with Gasteiger partial charge in [-0.05, 0) is 50.6 Å². The number of rotatable bonds is 6. The zero-order valence-electron chi connectivity index (χ0n) is 19.6. The molecule has 2 aromatic heterocycles. The second-order valence-electron chi connectivity index (χ2n) is 9.02. The predicted octanol–water partition coefficient (Wildman–Crippen LogP) is 3.89. The minimum Gasteiger partial charge on any atom is -0.356 e. The zero-order chi connectivity index (χ0) is 21.6. The number of aromatic nitrogens is 3. The van der Waals surface area contributed by atoms with Crippen molar-refractivity contribution in [1.82, 2.24) is 29.7 Å². The Bertz CT molecular complexity index is 829. The smallest absolute Gasteiger partial charge is 0.193 e. The molecular weight excluding hydrogens is 533 g/mol. The Labute approximate surface area is 213 Å². The van der Waals surface area contributed by atoms with E-state index < -0.39 is 0 Å². The average Bonchev–Trinajstić information content (AvgIpc) is 3.48. The Morgan fingerprint density at radius 3 is 2.72 bits per heavy atom. The van der Waals surface area contributed by atoms with Gasteiger partial charge < -0.3 is 14.8 Å². The molecule has 2 aliphatic heterocycles. The largest absolute Gasteiger partial charge is 0.356 e. The van der Waals surface area contributed by atoms with Gasteiger partial charge in [0, 0.05) is 51.0 Å². The first-order valence-electron chi connectivity index (χ1n) is 11.7. The van der Waals surface area contributed by atoms with Crippen molar-refractivity contribution < 1.29 is 0 Å². The number of hydrogen-bond donors (Lipinski definition) is 1. The minimum atomic E-state index is 0. The van der Waals surface area contributed by atoms with Crippen molar-refractivity contribution in [3.8, 4) is 0 Å². The van der Waals surface area contributed by atoms with Gasteiger partial charge in [-0.3, -0.25) is 9.89 Å². The molecule has 2 unspecified atom stereocenters. The van der Waals surface area contributed by atoms with Crippen molar-refractivity contribution in [3.63, 3.8) is 0 Å². The van der Waals surface area contributed by atoms with E-state index in [1.165, 1.54) is 30.0 Å². The fraction of sp³-hybridized carbons (Fsp3) is 0.696. The standard InChI is InChI=1S/C23H37N7S.HI/c1-4-22-27-20(16-31-22)14-28-9-6-19(7-10-28)13-26-23(24-3)29-11-5-18(2)21(15-29)30-12-8-25-17-30;/h8,12,16-19,21H,4-7,9-11,13-15H2,1-3H3,(H,24,26);1H. The molecule has 4 rings (SSSR count). The van der Waals surface area contributed by atoms with E-state index in [4.69, 9.17) is 4.98 Å². The van der Waals surface area contributed by atoms with Gasteiger partial charge in [0.25, 0.3) is 0 Å². The molecule has 0 bridgehead atoms. The van der Waals surface area contributed by atoms with Crippen LogP contribution in [0.5, 0.6) is 0 Å². The highest BCUT2D eigenvalue weighted by atomic mass is 127. The molecule has 2 atom stereocenters. The lowest BCUT2D eigenvalue weighted by atomic mass is 9.93. The normalized spacial score (nSPS) is 23.2. The van der Waals surface area contributed by atoms with Crippen LogP contribution in [0.1, 0.15) is 49.9 Å². The van der Waals surface area contributed by atoms with Crippen LogP contribution in [0, 0.1) is 11.8 Å². The number of likely N-dealkylation sites (tertiary alicyclic amines) is 2. The summed E-state index contributed by atoms with van der Waals surface area (Å²) >= 11 is 1.79. The molecule has 2 aromatic rings. The van der Waals surface area contributed by atoms with Gasteiger partial charge >= 0.3 is 0 Å². The minimum absolute atomic E-state index is 0. The Morgan fingerprint density at radius 2 is 2.06 bits per heavy atom. The molecular formula is C23H38IN7S. The Balaban J connectivity index is 0.00000289.